The van der Waals surface area contributed by atoms with Crippen molar-refractivity contribution in [1.29, 1.82) is 0 Å². The second-order valence-electron chi connectivity index (χ2n) is 6.52. The van der Waals surface area contributed by atoms with E-state index in [0.29, 0.717) is 0 Å². The van der Waals surface area contributed by atoms with E-state index in [0.717, 1.165) is 49.3 Å². The second kappa shape index (κ2) is 9.24. The maximum atomic E-state index is 5.95. The van der Waals surface area contributed by atoms with Gasteiger partial charge in [-0.1, -0.05) is 23.7 Å². The molecule has 0 bridgehead atoms. The van der Waals surface area contributed by atoms with Crippen LogP contribution in [-0.2, 0) is 13.0 Å². The number of hydrogen-bond acceptors (Lipinski definition) is 4. The minimum atomic E-state index is 0.760. The van der Waals surface area contributed by atoms with Crippen LogP contribution in [0.5, 0.6) is 0 Å². The Labute approximate surface area is 164 Å². The van der Waals surface area contributed by atoms with Gasteiger partial charge in [-0.2, -0.15) is 0 Å². The lowest BCUT2D eigenvalue weighted by Crippen LogP contribution is -2.39. The lowest BCUT2D eigenvalue weighted by Gasteiger charge is -2.22. The summed E-state index contributed by atoms with van der Waals surface area (Å²) >= 11 is 7.71. The zero-order chi connectivity index (χ0) is 18.4. The zero-order valence-corrected chi connectivity index (χ0v) is 17.0. The van der Waals surface area contributed by atoms with Crippen molar-refractivity contribution in [1.82, 2.24) is 15.2 Å². The van der Waals surface area contributed by atoms with E-state index in [9.17, 15) is 0 Å². The van der Waals surface area contributed by atoms with E-state index in [1.165, 1.54) is 23.5 Å². The van der Waals surface area contributed by atoms with Gasteiger partial charge in [-0.25, -0.2) is 4.98 Å². The van der Waals surface area contributed by atoms with Crippen LogP contribution in [0.2, 0.25) is 5.02 Å². The minimum absolute atomic E-state index is 0.760. The van der Waals surface area contributed by atoms with E-state index in [-0.39, 0.29) is 0 Å². The maximum absolute atomic E-state index is 5.95. The van der Waals surface area contributed by atoms with Gasteiger partial charge in [0.2, 0.25) is 0 Å². The fraction of sp³-hybridized carbons (Fsp3) is 0.474. The first-order valence-corrected chi connectivity index (χ1v) is 10.3. The molecule has 0 saturated carbocycles. The molecule has 1 aromatic carbocycles. The monoisotopic (exact) mass is 391 g/mol. The molecule has 0 aliphatic carbocycles. The number of thiazole rings is 1. The van der Waals surface area contributed by atoms with Crippen molar-refractivity contribution in [3.8, 4) is 0 Å². The molecule has 140 valence electrons. The summed E-state index contributed by atoms with van der Waals surface area (Å²) in [6, 6.07) is 7.92. The van der Waals surface area contributed by atoms with Gasteiger partial charge >= 0.3 is 0 Å². The van der Waals surface area contributed by atoms with Gasteiger partial charge in [0, 0.05) is 57.1 Å². The minimum Gasteiger partial charge on any atom is -0.356 e. The molecule has 26 heavy (non-hydrogen) atoms. The number of guanidine groups is 1. The molecule has 0 atom stereocenters. The van der Waals surface area contributed by atoms with E-state index < -0.39 is 0 Å². The number of aromatic nitrogens is 1. The lowest BCUT2D eigenvalue weighted by molar-refractivity contribution is 0.477. The highest BCUT2D eigenvalue weighted by molar-refractivity contribution is 7.13. The number of rotatable bonds is 6. The predicted octanol–water partition coefficient (Wildman–Crippen LogP) is 3.65. The number of hydrogen-bond donors (Lipinski definition) is 1. The van der Waals surface area contributed by atoms with E-state index in [2.05, 4.69) is 25.5 Å². The van der Waals surface area contributed by atoms with Crippen LogP contribution in [0.4, 0.5) is 5.13 Å². The average molecular weight is 392 g/mol. The van der Waals surface area contributed by atoms with Crippen molar-refractivity contribution in [2.45, 2.75) is 25.8 Å². The van der Waals surface area contributed by atoms with Gasteiger partial charge in [0.05, 0.1) is 5.69 Å². The maximum Gasteiger partial charge on any atom is 0.193 e. The van der Waals surface area contributed by atoms with Crippen LogP contribution in [0.25, 0.3) is 0 Å². The Morgan fingerprint density at radius 2 is 2.04 bits per heavy atom. The lowest BCUT2D eigenvalue weighted by atomic mass is 10.2. The molecule has 0 spiro atoms. The third-order valence-corrected chi connectivity index (χ3v) is 5.69. The van der Waals surface area contributed by atoms with Gasteiger partial charge in [0.25, 0.3) is 0 Å². The van der Waals surface area contributed by atoms with E-state index in [4.69, 9.17) is 16.6 Å². The molecule has 7 heteroatoms. The van der Waals surface area contributed by atoms with Crippen LogP contribution < -0.4 is 10.2 Å². The molecule has 1 saturated heterocycles. The predicted molar refractivity (Wildman–Crippen MR) is 112 cm³/mol. The fourth-order valence-corrected chi connectivity index (χ4v) is 4.13. The Hall–Kier alpha value is -1.79. The average Bonchev–Trinajstić information content (AvgIpc) is 3.32. The molecule has 3 rings (SSSR count). The normalized spacial score (nSPS) is 14.7. The molecule has 2 heterocycles. The summed E-state index contributed by atoms with van der Waals surface area (Å²) in [5.74, 6) is 0.884. The number of halogens is 1. The van der Waals surface area contributed by atoms with Crippen molar-refractivity contribution < 1.29 is 0 Å². The third-order valence-electron chi connectivity index (χ3n) is 4.49. The number of anilines is 1. The van der Waals surface area contributed by atoms with Gasteiger partial charge in [-0.05, 0) is 30.5 Å². The molecular weight excluding hydrogens is 366 g/mol. The summed E-state index contributed by atoms with van der Waals surface area (Å²) in [6.45, 7) is 3.90. The SMILES string of the molecule is CN=C(NCCc1csc(N2CCCC2)n1)N(C)Cc1ccc(Cl)cc1. The largest absolute Gasteiger partial charge is 0.356 e. The zero-order valence-electron chi connectivity index (χ0n) is 15.4. The highest BCUT2D eigenvalue weighted by atomic mass is 35.5. The van der Waals surface area contributed by atoms with Gasteiger partial charge in [0.15, 0.2) is 11.1 Å². The van der Waals surface area contributed by atoms with Crippen molar-refractivity contribution in [2.24, 2.45) is 4.99 Å². The fourth-order valence-electron chi connectivity index (χ4n) is 3.09. The standard InChI is InChI=1S/C19H26ClN5S/c1-21-18(24(2)13-15-5-7-16(20)8-6-15)22-10-9-17-14-26-19(23-17)25-11-3-4-12-25/h5-8,14H,3-4,9-13H2,1-2H3,(H,21,22). The molecule has 1 aliphatic rings. The second-order valence-corrected chi connectivity index (χ2v) is 7.80. The Balaban J connectivity index is 1.47. The van der Waals surface area contributed by atoms with Crippen molar-refractivity contribution >= 4 is 34.0 Å². The number of benzene rings is 1. The molecular formula is C19H26ClN5S. The number of aliphatic imine (C=N–C) groups is 1. The smallest absolute Gasteiger partial charge is 0.193 e. The van der Waals surface area contributed by atoms with Gasteiger partial charge in [-0.3, -0.25) is 4.99 Å². The van der Waals surface area contributed by atoms with E-state index >= 15 is 0 Å². The first kappa shape index (κ1) is 19.0. The Morgan fingerprint density at radius 3 is 2.73 bits per heavy atom. The van der Waals surface area contributed by atoms with E-state index in [1.807, 2.05) is 38.4 Å². The number of nitrogens with one attached hydrogen (secondary N) is 1. The highest BCUT2D eigenvalue weighted by Gasteiger charge is 2.15. The van der Waals surface area contributed by atoms with Crippen LogP contribution in [0.15, 0.2) is 34.6 Å². The number of nitrogens with zero attached hydrogens (tertiary/aromatic N) is 4. The summed E-state index contributed by atoms with van der Waals surface area (Å²) in [6.07, 6.45) is 3.47. The van der Waals surface area contributed by atoms with Gasteiger partial charge < -0.3 is 15.1 Å². The molecule has 0 unspecified atom stereocenters. The highest BCUT2D eigenvalue weighted by Crippen LogP contribution is 2.24. The topological polar surface area (TPSA) is 43.8 Å². The van der Waals surface area contributed by atoms with Crippen LogP contribution in [0.1, 0.15) is 24.1 Å². The first-order valence-electron chi connectivity index (χ1n) is 9.01. The Kier molecular flexibility index (Phi) is 6.74. The van der Waals surface area contributed by atoms with Gasteiger partial charge in [-0.15, -0.1) is 11.3 Å². The molecule has 1 fully saturated rings. The Bertz CT molecular complexity index is 722. The molecule has 0 amide bonds. The molecule has 1 aromatic heterocycles. The summed E-state index contributed by atoms with van der Waals surface area (Å²) in [5.41, 5.74) is 2.36. The van der Waals surface area contributed by atoms with Crippen LogP contribution in [0.3, 0.4) is 0 Å². The van der Waals surface area contributed by atoms with Crippen LogP contribution >= 0.6 is 22.9 Å². The molecule has 1 N–H and O–H groups in total. The molecule has 0 radical (unpaired) electrons. The van der Waals surface area contributed by atoms with Crippen LogP contribution in [-0.4, -0.2) is 49.6 Å². The quantitative estimate of drug-likeness (QED) is 0.603. The summed E-state index contributed by atoms with van der Waals surface area (Å²) < 4.78 is 0. The molecule has 5 nitrogen and oxygen atoms in total. The van der Waals surface area contributed by atoms with Crippen molar-refractivity contribution in [3.05, 3.63) is 45.9 Å². The van der Waals surface area contributed by atoms with Crippen molar-refractivity contribution in [3.63, 3.8) is 0 Å². The molecule has 2 aromatic rings. The van der Waals surface area contributed by atoms with E-state index in [1.54, 1.807) is 11.3 Å². The summed E-state index contributed by atoms with van der Waals surface area (Å²) in [5, 5.41) is 7.53. The first-order chi connectivity index (χ1) is 12.7. The molecule has 1 aliphatic heterocycles. The summed E-state index contributed by atoms with van der Waals surface area (Å²) in [4.78, 5) is 13.7. The van der Waals surface area contributed by atoms with Crippen molar-refractivity contribution in [2.75, 3.05) is 38.6 Å². The summed E-state index contributed by atoms with van der Waals surface area (Å²) in [7, 11) is 3.85. The van der Waals surface area contributed by atoms with Crippen LogP contribution in [0, 0.1) is 0 Å². The van der Waals surface area contributed by atoms with Gasteiger partial charge in [0.1, 0.15) is 0 Å². The third kappa shape index (κ3) is 5.11. The Morgan fingerprint density at radius 1 is 1.31 bits per heavy atom.